The number of ether oxygens (including phenoxy) is 1. The molecule has 1 aromatic carbocycles. The predicted octanol–water partition coefficient (Wildman–Crippen LogP) is 2.27. The van der Waals surface area contributed by atoms with E-state index in [2.05, 4.69) is 12.2 Å². The number of nitrogens with one attached hydrogen (secondary N) is 2. The number of amides is 2. The lowest BCUT2D eigenvalue weighted by Gasteiger charge is -2.52. The van der Waals surface area contributed by atoms with E-state index in [1.54, 1.807) is 31.1 Å². The van der Waals surface area contributed by atoms with Crippen LogP contribution in [-0.4, -0.2) is 47.8 Å². The second-order valence-electron chi connectivity index (χ2n) is 9.49. The molecule has 0 radical (unpaired) electrons. The molecule has 1 aliphatic carbocycles. The Balaban J connectivity index is 1.92. The summed E-state index contributed by atoms with van der Waals surface area (Å²) >= 11 is 0. The van der Waals surface area contributed by atoms with Crippen molar-refractivity contribution in [3.05, 3.63) is 29.3 Å². The predicted molar refractivity (Wildman–Crippen MR) is 124 cm³/mol. The molecule has 2 aliphatic rings. The number of methoxy groups -OCH3 is 1. The van der Waals surface area contributed by atoms with Crippen molar-refractivity contribution in [1.29, 1.82) is 5.41 Å². The fraction of sp³-hybridized carbons (Fsp3) is 0.625. The van der Waals surface area contributed by atoms with E-state index in [0.717, 1.165) is 44.1 Å². The Bertz CT molecular complexity index is 878. The van der Waals surface area contributed by atoms with Crippen molar-refractivity contribution in [2.24, 2.45) is 16.9 Å². The minimum atomic E-state index is -0.898. The second kappa shape index (κ2) is 9.48. The molecule has 2 fully saturated rings. The van der Waals surface area contributed by atoms with E-state index in [4.69, 9.17) is 21.6 Å². The highest BCUT2D eigenvalue weighted by Crippen LogP contribution is 2.52. The van der Waals surface area contributed by atoms with Gasteiger partial charge in [-0.25, -0.2) is 0 Å². The summed E-state index contributed by atoms with van der Waals surface area (Å²) in [7, 11) is 1.55. The largest absolute Gasteiger partial charge is 0.496 e. The third-order valence-electron chi connectivity index (χ3n) is 7.41. The highest BCUT2D eigenvalue weighted by molar-refractivity contribution is 5.96. The van der Waals surface area contributed by atoms with Gasteiger partial charge in [-0.15, -0.1) is 0 Å². The minimum absolute atomic E-state index is 0.0425. The Morgan fingerprint density at radius 3 is 2.50 bits per heavy atom. The summed E-state index contributed by atoms with van der Waals surface area (Å²) in [6, 6.07) is 4.60. The van der Waals surface area contributed by atoms with Crippen LogP contribution in [0.15, 0.2) is 18.2 Å². The molecule has 2 atom stereocenters. The Morgan fingerprint density at radius 1 is 1.22 bits per heavy atom. The molecule has 8 heteroatoms. The molecule has 1 aliphatic heterocycles. The number of benzene rings is 1. The van der Waals surface area contributed by atoms with Crippen molar-refractivity contribution in [2.45, 2.75) is 76.9 Å². The number of hydrogen-bond acceptors (Lipinski definition) is 5. The van der Waals surface area contributed by atoms with Gasteiger partial charge in [0.25, 0.3) is 0 Å². The van der Waals surface area contributed by atoms with Crippen LogP contribution in [0.3, 0.4) is 0 Å². The summed E-state index contributed by atoms with van der Waals surface area (Å²) in [6.45, 7) is 4.67. The van der Waals surface area contributed by atoms with Gasteiger partial charge in [-0.2, -0.15) is 0 Å². The molecule has 3 rings (SSSR count). The minimum Gasteiger partial charge on any atom is -0.496 e. The lowest BCUT2D eigenvalue weighted by Crippen LogP contribution is -2.67. The summed E-state index contributed by atoms with van der Waals surface area (Å²) in [4.78, 5) is 28.8. The zero-order valence-corrected chi connectivity index (χ0v) is 19.5. The Hall–Kier alpha value is -2.61. The number of nitrogens with two attached hydrogens (primary N) is 2. The maximum absolute atomic E-state index is 13.9. The number of hydrogen-bond donors (Lipinski definition) is 4. The molecule has 1 saturated carbocycles. The van der Waals surface area contributed by atoms with Crippen LogP contribution in [0.4, 0.5) is 0 Å². The molecule has 0 spiro atoms. The fourth-order valence-electron chi connectivity index (χ4n) is 5.63. The van der Waals surface area contributed by atoms with Gasteiger partial charge in [0.05, 0.1) is 13.2 Å². The van der Waals surface area contributed by atoms with Gasteiger partial charge < -0.3 is 26.4 Å². The van der Waals surface area contributed by atoms with E-state index < -0.39 is 11.6 Å². The van der Waals surface area contributed by atoms with Crippen LogP contribution in [0.25, 0.3) is 0 Å². The van der Waals surface area contributed by atoms with Crippen molar-refractivity contribution < 1.29 is 14.3 Å². The van der Waals surface area contributed by atoms with Crippen LogP contribution in [0, 0.1) is 10.8 Å². The topological polar surface area (TPSA) is 135 Å². The van der Waals surface area contributed by atoms with E-state index in [0.29, 0.717) is 24.3 Å². The summed E-state index contributed by atoms with van der Waals surface area (Å²) in [5.74, 6) is 0.240. The van der Waals surface area contributed by atoms with Crippen LogP contribution in [0.5, 0.6) is 5.75 Å². The molecule has 0 bridgehead atoms. The van der Waals surface area contributed by atoms with Crippen molar-refractivity contribution in [3.63, 3.8) is 0 Å². The first-order chi connectivity index (χ1) is 15.2. The molecule has 6 N–H and O–H groups in total. The van der Waals surface area contributed by atoms with Crippen LogP contribution in [0.1, 0.15) is 69.9 Å². The highest BCUT2D eigenvalue weighted by Gasteiger charge is 2.60. The number of amidine groups is 1. The van der Waals surface area contributed by atoms with Gasteiger partial charge in [-0.1, -0.05) is 38.3 Å². The summed E-state index contributed by atoms with van der Waals surface area (Å²) in [5.41, 5.74) is 11.7. The molecular formula is C24H37N5O3. The van der Waals surface area contributed by atoms with E-state index >= 15 is 0 Å². The zero-order chi connectivity index (χ0) is 23.5. The van der Waals surface area contributed by atoms with Crippen molar-refractivity contribution in [3.8, 4) is 5.75 Å². The first-order valence-electron chi connectivity index (χ1n) is 11.5. The Kier molecular flexibility index (Phi) is 7.12. The van der Waals surface area contributed by atoms with Gasteiger partial charge >= 0.3 is 0 Å². The first-order valence-corrected chi connectivity index (χ1v) is 11.5. The third-order valence-corrected chi connectivity index (χ3v) is 7.41. The lowest BCUT2D eigenvalue weighted by molar-refractivity contribution is -0.156. The summed E-state index contributed by atoms with van der Waals surface area (Å²) in [5, 5.41) is 10.7. The summed E-state index contributed by atoms with van der Waals surface area (Å²) in [6.07, 6.45) is 6.55. The normalized spacial score (nSPS) is 23.4. The van der Waals surface area contributed by atoms with Gasteiger partial charge in [0.15, 0.2) is 0 Å². The number of nitrogen functional groups attached to an aromatic ring is 1. The molecule has 176 valence electrons. The van der Waals surface area contributed by atoms with Crippen molar-refractivity contribution in [1.82, 2.24) is 10.2 Å². The second-order valence-corrected chi connectivity index (χ2v) is 9.49. The van der Waals surface area contributed by atoms with Gasteiger partial charge in [-0.3, -0.25) is 15.0 Å². The van der Waals surface area contributed by atoms with E-state index in [1.807, 2.05) is 6.07 Å². The maximum Gasteiger partial charge on any atom is 0.246 e. The van der Waals surface area contributed by atoms with E-state index in [-0.39, 0.29) is 29.6 Å². The molecule has 32 heavy (non-hydrogen) atoms. The first kappa shape index (κ1) is 24.0. The van der Waals surface area contributed by atoms with Crippen LogP contribution < -0.4 is 21.5 Å². The van der Waals surface area contributed by atoms with Crippen LogP contribution in [0.2, 0.25) is 0 Å². The number of likely N-dealkylation sites (tertiary alicyclic amines) is 1. The van der Waals surface area contributed by atoms with Crippen LogP contribution in [-0.2, 0) is 16.1 Å². The van der Waals surface area contributed by atoms with E-state index in [9.17, 15) is 9.59 Å². The molecule has 2 amide bonds. The standard InChI is InChI=1S/C24H37N5O3/c1-16(25)21(30)29-13-7-12-24(29,23(2)10-5-4-6-11-23)22(31)28-15-18-9-8-17(20(26)27)14-19(18)32-3/h8-9,14,16H,4-7,10-13,15,25H2,1-3H3,(H3,26,27)(H,28,31)/t16-,24-/m0/s1. The molecule has 0 aromatic heterocycles. The molecule has 1 aromatic rings. The fourth-order valence-corrected chi connectivity index (χ4v) is 5.63. The van der Waals surface area contributed by atoms with E-state index in [1.165, 1.54) is 0 Å². The monoisotopic (exact) mass is 443 g/mol. The van der Waals surface area contributed by atoms with Gasteiger partial charge in [0.2, 0.25) is 11.8 Å². The lowest BCUT2D eigenvalue weighted by atomic mass is 9.61. The SMILES string of the molecule is COc1cc(C(=N)N)ccc1CNC(=O)[C@]1(C2(C)CCCCC2)CCCN1C(=O)[C@H](C)N. The number of carbonyl (C=O) groups excluding carboxylic acids is 2. The molecule has 8 nitrogen and oxygen atoms in total. The van der Waals surface area contributed by atoms with Crippen molar-refractivity contribution >= 4 is 17.6 Å². The van der Waals surface area contributed by atoms with Crippen molar-refractivity contribution in [2.75, 3.05) is 13.7 Å². The maximum atomic E-state index is 13.9. The smallest absolute Gasteiger partial charge is 0.246 e. The number of rotatable bonds is 7. The quantitative estimate of drug-likeness (QED) is 0.379. The Morgan fingerprint density at radius 2 is 1.91 bits per heavy atom. The zero-order valence-electron chi connectivity index (χ0n) is 19.5. The molecule has 1 saturated heterocycles. The highest BCUT2D eigenvalue weighted by atomic mass is 16.5. The molecule has 1 heterocycles. The van der Waals surface area contributed by atoms with Gasteiger partial charge in [-0.05, 0) is 44.1 Å². The number of nitrogens with zero attached hydrogens (tertiary/aromatic N) is 1. The molecule has 0 unspecified atom stereocenters. The summed E-state index contributed by atoms with van der Waals surface area (Å²) < 4.78 is 5.46. The Labute approximate surface area is 190 Å². The average molecular weight is 444 g/mol. The van der Waals surface area contributed by atoms with Crippen LogP contribution >= 0.6 is 0 Å². The average Bonchev–Trinajstić information content (AvgIpc) is 3.24. The third kappa shape index (κ3) is 4.20. The van der Waals surface area contributed by atoms with Gasteiger partial charge in [0.1, 0.15) is 17.1 Å². The van der Waals surface area contributed by atoms with Gasteiger partial charge in [0, 0.05) is 24.2 Å². The number of carbonyl (C=O) groups is 2. The molecular weight excluding hydrogens is 406 g/mol.